The molecule has 3 N–H and O–H groups in total. The summed E-state index contributed by atoms with van der Waals surface area (Å²) < 4.78 is 5.71. The monoisotopic (exact) mass is 339 g/mol. The summed E-state index contributed by atoms with van der Waals surface area (Å²) in [6.45, 7) is 0. The van der Waals surface area contributed by atoms with E-state index in [0.717, 1.165) is 62.5 Å². The van der Waals surface area contributed by atoms with Crippen LogP contribution in [0.3, 0.4) is 0 Å². The predicted molar refractivity (Wildman–Crippen MR) is 97.9 cm³/mol. The molecular formula is C21H25NO3. The quantitative estimate of drug-likeness (QED) is 0.824. The maximum atomic E-state index is 12.8. The number of nitrogen functional groups attached to an aromatic ring is 1. The van der Waals surface area contributed by atoms with E-state index in [9.17, 15) is 9.90 Å². The van der Waals surface area contributed by atoms with Crippen molar-refractivity contribution in [2.24, 2.45) is 5.92 Å². The molecule has 4 rings (SSSR count). The van der Waals surface area contributed by atoms with E-state index in [-0.39, 0.29) is 17.3 Å². The van der Waals surface area contributed by atoms with Gasteiger partial charge in [0.05, 0.1) is 5.56 Å². The highest BCUT2D eigenvalue weighted by Gasteiger charge is 2.38. The fraction of sp³-hybridized carbons (Fsp3) is 0.476. The van der Waals surface area contributed by atoms with Gasteiger partial charge in [-0.3, -0.25) is 0 Å². The van der Waals surface area contributed by atoms with Gasteiger partial charge in [-0.1, -0.05) is 25.0 Å². The van der Waals surface area contributed by atoms with E-state index >= 15 is 0 Å². The minimum Gasteiger partial charge on any atom is -0.507 e. The number of fused-ring (bicyclic) bond motifs is 1. The second-order valence-corrected chi connectivity index (χ2v) is 7.45. The van der Waals surface area contributed by atoms with Crippen LogP contribution in [0.1, 0.15) is 66.9 Å². The summed E-state index contributed by atoms with van der Waals surface area (Å²) in [6, 6.07) is 7.66. The van der Waals surface area contributed by atoms with E-state index in [2.05, 4.69) is 0 Å². The van der Waals surface area contributed by atoms with E-state index in [1.807, 2.05) is 24.3 Å². The normalized spacial score (nSPS) is 18.9. The van der Waals surface area contributed by atoms with E-state index < -0.39 is 0 Å². The van der Waals surface area contributed by atoms with E-state index in [1.165, 1.54) is 0 Å². The summed E-state index contributed by atoms with van der Waals surface area (Å²) in [5.41, 5.74) is 8.54. The van der Waals surface area contributed by atoms with Crippen molar-refractivity contribution in [3.05, 3.63) is 57.1 Å². The molecular weight excluding hydrogens is 314 g/mol. The van der Waals surface area contributed by atoms with Crippen molar-refractivity contribution in [3.63, 3.8) is 0 Å². The summed E-state index contributed by atoms with van der Waals surface area (Å²) in [5, 5.41) is 11.0. The molecule has 132 valence electrons. The summed E-state index contributed by atoms with van der Waals surface area (Å²) in [4.78, 5) is 12.8. The molecule has 1 unspecified atom stereocenters. The molecule has 1 saturated carbocycles. The molecule has 0 radical (unpaired) electrons. The Bertz CT molecular complexity index is 836. The van der Waals surface area contributed by atoms with Gasteiger partial charge in [-0.15, -0.1) is 0 Å². The zero-order valence-corrected chi connectivity index (χ0v) is 14.5. The average molecular weight is 339 g/mol. The fourth-order valence-corrected chi connectivity index (χ4v) is 4.15. The molecule has 0 aliphatic heterocycles. The van der Waals surface area contributed by atoms with Gasteiger partial charge in [-0.25, -0.2) is 4.79 Å². The first-order valence-electron chi connectivity index (χ1n) is 9.38. The van der Waals surface area contributed by atoms with Crippen molar-refractivity contribution in [1.29, 1.82) is 0 Å². The van der Waals surface area contributed by atoms with Crippen molar-refractivity contribution in [1.82, 2.24) is 0 Å². The largest absolute Gasteiger partial charge is 0.507 e. The Balaban J connectivity index is 1.85. The molecule has 0 bridgehead atoms. The molecule has 4 heteroatoms. The molecule has 0 amide bonds. The minimum absolute atomic E-state index is 0.129. The summed E-state index contributed by atoms with van der Waals surface area (Å²) in [6.07, 6.45) is 8.01. The number of hydrogen-bond donors (Lipinski definition) is 2. The van der Waals surface area contributed by atoms with Gasteiger partial charge in [0.2, 0.25) is 0 Å². The highest BCUT2D eigenvalue weighted by Crippen LogP contribution is 2.48. The third-order valence-electron chi connectivity index (χ3n) is 5.57. The highest BCUT2D eigenvalue weighted by molar-refractivity contribution is 5.50. The number of nitrogens with two attached hydrogens (primary N) is 1. The van der Waals surface area contributed by atoms with Crippen LogP contribution in [0.15, 0.2) is 33.5 Å². The Labute approximate surface area is 147 Å². The van der Waals surface area contributed by atoms with Gasteiger partial charge in [-0.2, -0.15) is 0 Å². The van der Waals surface area contributed by atoms with Crippen molar-refractivity contribution in [2.75, 3.05) is 5.73 Å². The summed E-state index contributed by atoms with van der Waals surface area (Å²) in [7, 11) is 0. The molecule has 0 saturated heterocycles. The third-order valence-corrected chi connectivity index (χ3v) is 5.57. The van der Waals surface area contributed by atoms with Crippen molar-refractivity contribution in [2.45, 2.75) is 57.3 Å². The van der Waals surface area contributed by atoms with E-state index in [1.54, 1.807) is 0 Å². The zero-order chi connectivity index (χ0) is 17.4. The van der Waals surface area contributed by atoms with Gasteiger partial charge in [0.1, 0.15) is 11.5 Å². The Morgan fingerprint density at radius 1 is 1.12 bits per heavy atom. The zero-order valence-electron chi connectivity index (χ0n) is 14.5. The first kappa shape index (κ1) is 16.2. The lowest BCUT2D eigenvalue weighted by Crippen LogP contribution is -2.19. The topological polar surface area (TPSA) is 76.5 Å². The summed E-state index contributed by atoms with van der Waals surface area (Å²) in [5.74, 6) is 1.11. The third kappa shape index (κ3) is 3.17. The van der Waals surface area contributed by atoms with Crippen LogP contribution in [-0.4, -0.2) is 5.11 Å². The molecule has 0 spiro atoms. The maximum Gasteiger partial charge on any atom is 0.343 e. The minimum atomic E-state index is -0.379. The number of aromatic hydroxyl groups is 1. The fourth-order valence-electron chi connectivity index (χ4n) is 4.15. The molecule has 2 aliphatic carbocycles. The average Bonchev–Trinajstić information content (AvgIpc) is 3.38. The molecule has 4 nitrogen and oxygen atoms in total. The molecule has 1 aromatic carbocycles. The highest BCUT2D eigenvalue weighted by atomic mass is 16.4. The van der Waals surface area contributed by atoms with Crippen LogP contribution in [0.2, 0.25) is 0 Å². The number of benzene rings is 1. The molecule has 1 atom stereocenters. The van der Waals surface area contributed by atoms with Crippen molar-refractivity contribution >= 4 is 5.69 Å². The molecule has 25 heavy (non-hydrogen) atoms. The second kappa shape index (κ2) is 6.58. The van der Waals surface area contributed by atoms with Gasteiger partial charge in [0.25, 0.3) is 0 Å². The van der Waals surface area contributed by atoms with Gasteiger partial charge < -0.3 is 15.3 Å². The van der Waals surface area contributed by atoms with Crippen molar-refractivity contribution in [3.8, 4) is 5.75 Å². The lowest BCUT2D eigenvalue weighted by Gasteiger charge is -2.21. The van der Waals surface area contributed by atoms with Gasteiger partial charge in [0, 0.05) is 23.6 Å². The van der Waals surface area contributed by atoms with Crippen LogP contribution in [0.25, 0.3) is 0 Å². The second-order valence-electron chi connectivity index (χ2n) is 7.45. The smallest absolute Gasteiger partial charge is 0.343 e. The van der Waals surface area contributed by atoms with Crippen LogP contribution < -0.4 is 11.4 Å². The van der Waals surface area contributed by atoms with Gasteiger partial charge >= 0.3 is 5.63 Å². The summed E-state index contributed by atoms with van der Waals surface area (Å²) >= 11 is 0. The van der Waals surface area contributed by atoms with Crippen LogP contribution in [0.5, 0.6) is 5.75 Å². The van der Waals surface area contributed by atoms with Crippen LogP contribution in [0, 0.1) is 5.92 Å². The van der Waals surface area contributed by atoms with Gasteiger partial charge in [0.15, 0.2) is 0 Å². The number of hydrogen-bond acceptors (Lipinski definition) is 4. The number of aryl methyl sites for hydroxylation is 1. The molecule has 1 heterocycles. The number of anilines is 1. The SMILES string of the molecule is Nc1cccc(C(c2c(O)c3c(oc2=O)CCCCCC3)C2CC2)c1. The lowest BCUT2D eigenvalue weighted by atomic mass is 9.85. The maximum absolute atomic E-state index is 12.8. The molecule has 2 aromatic rings. The Morgan fingerprint density at radius 3 is 2.60 bits per heavy atom. The molecule has 1 aromatic heterocycles. The van der Waals surface area contributed by atoms with Crippen LogP contribution >= 0.6 is 0 Å². The Kier molecular flexibility index (Phi) is 4.28. The first-order valence-corrected chi connectivity index (χ1v) is 9.38. The van der Waals surface area contributed by atoms with Gasteiger partial charge in [-0.05, 0) is 55.7 Å². The first-order chi connectivity index (χ1) is 12.1. The van der Waals surface area contributed by atoms with Crippen LogP contribution in [0.4, 0.5) is 5.69 Å². The van der Waals surface area contributed by atoms with Crippen molar-refractivity contribution < 1.29 is 9.52 Å². The Morgan fingerprint density at radius 2 is 1.88 bits per heavy atom. The Hall–Kier alpha value is -2.23. The van der Waals surface area contributed by atoms with Crippen LogP contribution in [-0.2, 0) is 12.8 Å². The lowest BCUT2D eigenvalue weighted by molar-refractivity contribution is 0.382. The predicted octanol–water partition coefficient (Wildman–Crippen LogP) is 4.13. The number of rotatable bonds is 3. The standard InChI is InChI=1S/C21H25NO3/c22-15-7-5-6-14(12-15)18(13-10-11-13)19-20(23)16-8-3-1-2-4-9-17(16)25-21(19)24/h5-7,12-13,18,23H,1-4,8-11,22H2. The van der Waals surface area contributed by atoms with E-state index in [4.69, 9.17) is 10.2 Å². The molecule has 2 aliphatic rings. The molecule has 1 fully saturated rings. The van der Waals surface area contributed by atoms with E-state index in [0.29, 0.717) is 22.9 Å².